The van der Waals surface area contributed by atoms with Crippen LogP contribution in [0.25, 0.3) is 0 Å². The van der Waals surface area contributed by atoms with Gasteiger partial charge in [0, 0.05) is 25.0 Å². The number of benzene rings is 2. The first-order valence-corrected chi connectivity index (χ1v) is 10.8. The van der Waals surface area contributed by atoms with Crippen LogP contribution in [0.4, 0.5) is 5.69 Å². The maximum atomic E-state index is 13.9. The number of ether oxygens (including phenoxy) is 1. The molecule has 2 heterocycles. The molecule has 0 aromatic heterocycles. The second kappa shape index (κ2) is 8.51. The van der Waals surface area contributed by atoms with Crippen molar-refractivity contribution in [2.75, 3.05) is 11.5 Å². The van der Waals surface area contributed by atoms with Gasteiger partial charge in [-0.05, 0) is 23.9 Å². The Labute approximate surface area is 189 Å². The molecule has 0 fully saturated rings. The highest BCUT2D eigenvalue weighted by Gasteiger charge is 2.61. The van der Waals surface area contributed by atoms with Crippen molar-refractivity contribution < 1.29 is 19.1 Å². The largest absolute Gasteiger partial charge is 0.489 e. The molecule has 8 nitrogen and oxygen atoms in total. The first kappa shape index (κ1) is 21.6. The predicted molar refractivity (Wildman–Crippen MR) is 123 cm³/mol. The van der Waals surface area contributed by atoms with E-state index in [-0.39, 0.29) is 23.5 Å². The van der Waals surface area contributed by atoms with E-state index >= 15 is 0 Å². The Morgan fingerprint density at radius 2 is 1.91 bits per heavy atom. The zero-order chi connectivity index (χ0) is 22.9. The average molecular weight is 451 g/mol. The molecule has 0 unspecified atom stereocenters. The highest BCUT2D eigenvalue weighted by atomic mass is 32.2. The first-order valence-electron chi connectivity index (χ1n) is 9.97. The number of nitrogens with one attached hydrogen (secondary N) is 1. The minimum absolute atomic E-state index is 0.201. The molecule has 1 spiro atoms. The van der Waals surface area contributed by atoms with Gasteiger partial charge in [0.2, 0.25) is 16.7 Å². The van der Waals surface area contributed by atoms with Crippen LogP contribution < -0.4 is 15.0 Å². The molecule has 0 saturated heterocycles. The molecule has 4 rings (SSSR count). The van der Waals surface area contributed by atoms with E-state index in [1.54, 1.807) is 11.0 Å². The second-order valence-electron chi connectivity index (χ2n) is 7.28. The number of hydrogen-bond donors (Lipinski definition) is 1. The maximum absolute atomic E-state index is 13.9. The summed E-state index contributed by atoms with van der Waals surface area (Å²) < 4.78 is 5.76. The number of amidine groups is 1. The molecule has 2 aliphatic rings. The number of rotatable bonds is 5. The highest BCUT2D eigenvalue weighted by Crippen LogP contribution is 2.54. The third-order valence-electron chi connectivity index (χ3n) is 5.07. The smallest absolute Gasteiger partial charge is 0.271 e. The molecular formula is C23H22N4O4S. The zero-order valence-corrected chi connectivity index (χ0v) is 18.5. The average Bonchev–Trinajstić information content (AvgIpc) is 3.25. The standard InChI is InChI=1S/C23H22N4O4S/c1-4-13-31-20-12-8-5-9-17(20)14-26-19-11-7-6-10-18(19)23(21(26)30)27(16(3)29)25-22(32-23)24-15(2)28/h4-12H,1,13-14H2,2-3H3,(H,24,25,28)/t23-/m0/s1. The first-order chi connectivity index (χ1) is 15.4. The summed E-state index contributed by atoms with van der Waals surface area (Å²) >= 11 is 1.06. The SMILES string of the molecule is C=CCOc1ccccc1CN1C(=O)[C@@]2(SC(NC(C)=O)=NN2C(C)=O)c2ccccc21. The van der Waals surface area contributed by atoms with Gasteiger partial charge in [-0.2, -0.15) is 5.01 Å². The minimum atomic E-state index is -1.42. The fraction of sp³-hybridized carbons (Fsp3) is 0.217. The third-order valence-corrected chi connectivity index (χ3v) is 6.31. The summed E-state index contributed by atoms with van der Waals surface area (Å²) in [4.78, 5) is 38.3. The summed E-state index contributed by atoms with van der Waals surface area (Å²) in [6, 6.07) is 14.8. The fourth-order valence-electron chi connectivity index (χ4n) is 3.82. The van der Waals surface area contributed by atoms with Gasteiger partial charge in [0.25, 0.3) is 5.91 Å². The van der Waals surface area contributed by atoms with Gasteiger partial charge in [-0.25, -0.2) is 0 Å². The number of carbonyl (C=O) groups is 3. The van der Waals surface area contributed by atoms with Crippen LogP contribution in [0.5, 0.6) is 5.75 Å². The van der Waals surface area contributed by atoms with Crippen molar-refractivity contribution >= 4 is 40.3 Å². The quantitative estimate of drug-likeness (QED) is 0.708. The number of thioether (sulfide) groups is 1. The molecule has 3 amide bonds. The second-order valence-corrected chi connectivity index (χ2v) is 8.46. The minimum Gasteiger partial charge on any atom is -0.489 e. The van der Waals surface area contributed by atoms with Crippen molar-refractivity contribution in [3.8, 4) is 5.75 Å². The van der Waals surface area contributed by atoms with Crippen molar-refractivity contribution in [1.82, 2.24) is 10.3 Å². The number of fused-ring (bicyclic) bond motifs is 2. The van der Waals surface area contributed by atoms with Crippen LogP contribution in [-0.4, -0.2) is 34.5 Å². The molecule has 2 aromatic carbocycles. The van der Waals surface area contributed by atoms with E-state index in [0.29, 0.717) is 23.6 Å². The molecule has 2 aromatic rings. The monoisotopic (exact) mass is 450 g/mol. The van der Waals surface area contributed by atoms with Crippen LogP contribution in [0.15, 0.2) is 66.3 Å². The van der Waals surface area contributed by atoms with Crippen LogP contribution >= 0.6 is 11.8 Å². The van der Waals surface area contributed by atoms with Gasteiger partial charge in [-0.15, -0.1) is 5.10 Å². The van der Waals surface area contributed by atoms with Gasteiger partial charge < -0.3 is 15.0 Å². The van der Waals surface area contributed by atoms with Crippen molar-refractivity contribution in [1.29, 1.82) is 0 Å². The molecule has 9 heteroatoms. The van der Waals surface area contributed by atoms with Gasteiger partial charge in [-0.3, -0.25) is 14.4 Å². The topological polar surface area (TPSA) is 91.3 Å². The van der Waals surface area contributed by atoms with E-state index in [9.17, 15) is 14.4 Å². The fourth-order valence-corrected chi connectivity index (χ4v) is 5.15. The van der Waals surface area contributed by atoms with Crippen LogP contribution in [0.3, 0.4) is 0 Å². The third kappa shape index (κ3) is 3.54. The maximum Gasteiger partial charge on any atom is 0.271 e. The van der Waals surface area contributed by atoms with E-state index in [1.807, 2.05) is 48.5 Å². The number of hydrazone groups is 1. The Bertz CT molecular complexity index is 1150. The summed E-state index contributed by atoms with van der Waals surface area (Å²) in [5, 5.41) is 8.22. The van der Waals surface area contributed by atoms with Gasteiger partial charge in [0.15, 0.2) is 5.17 Å². The van der Waals surface area contributed by atoms with Gasteiger partial charge in [-0.1, -0.05) is 49.1 Å². The van der Waals surface area contributed by atoms with Gasteiger partial charge >= 0.3 is 0 Å². The van der Waals surface area contributed by atoms with E-state index in [1.165, 1.54) is 13.8 Å². The number of para-hydroxylation sites is 2. The molecular weight excluding hydrogens is 428 g/mol. The Balaban J connectivity index is 1.76. The Hall–Kier alpha value is -3.59. The lowest BCUT2D eigenvalue weighted by molar-refractivity contribution is -0.139. The van der Waals surface area contributed by atoms with Gasteiger partial charge in [0.05, 0.1) is 12.2 Å². The lowest BCUT2D eigenvalue weighted by atomic mass is 10.1. The van der Waals surface area contributed by atoms with Crippen LogP contribution in [0.2, 0.25) is 0 Å². The zero-order valence-electron chi connectivity index (χ0n) is 17.7. The molecule has 1 atom stereocenters. The summed E-state index contributed by atoms with van der Waals surface area (Å²) in [6.45, 7) is 6.96. The number of hydrogen-bond acceptors (Lipinski definition) is 6. The van der Waals surface area contributed by atoms with E-state index in [4.69, 9.17) is 4.74 Å². The van der Waals surface area contributed by atoms with Crippen molar-refractivity contribution in [2.24, 2.45) is 5.10 Å². The van der Waals surface area contributed by atoms with E-state index < -0.39 is 10.8 Å². The molecule has 0 aliphatic carbocycles. The molecule has 0 saturated carbocycles. The van der Waals surface area contributed by atoms with Crippen molar-refractivity contribution in [2.45, 2.75) is 25.3 Å². The molecule has 1 N–H and O–H groups in total. The van der Waals surface area contributed by atoms with Crippen LogP contribution in [0.1, 0.15) is 25.0 Å². The Kier molecular flexibility index (Phi) is 5.75. The van der Waals surface area contributed by atoms with Crippen molar-refractivity contribution in [3.05, 3.63) is 72.3 Å². The number of amides is 3. The van der Waals surface area contributed by atoms with E-state index in [2.05, 4.69) is 17.0 Å². The normalized spacial score (nSPS) is 19.1. The number of carbonyl (C=O) groups excluding carboxylic acids is 3. The lowest BCUT2D eigenvalue weighted by Gasteiger charge is -2.29. The Morgan fingerprint density at radius 1 is 1.19 bits per heavy atom. The summed E-state index contributed by atoms with van der Waals surface area (Å²) in [5.41, 5.74) is 2.13. The molecule has 32 heavy (non-hydrogen) atoms. The molecule has 164 valence electrons. The van der Waals surface area contributed by atoms with E-state index in [0.717, 1.165) is 22.3 Å². The van der Waals surface area contributed by atoms with Crippen LogP contribution in [0, 0.1) is 0 Å². The molecule has 0 radical (unpaired) electrons. The molecule has 0 bridgehead atoms. The predicted octanol–water partition coefficient (Wildman–Crippen LogP) is 2.95. The number of anilines is 1. The Morgan fingerprint density at radius 3 is 2.62 bits per heavy atom. The van der Waals surface area contributed by atoms with Crippen LogP contribution in [-0.2, 0) is 25.8 Å². The summed E-state index contributed by atoms with van der Waals surface area (Å²) in [7, 11) is 0. The lowest BCUT2D eigenvalue weighted by Crippen LogP contribution is -2.48. The van der Waals surface area contributed by atoms with Gasteiger partial charge in [0.1, 0.15) is 12.4 Å². The number of nitrogens with zero attached hydrogens (tertiary/aromatic N) is 3. The van der Waals surface area contributed by atoms with Crippen molar-refractivity contribution in [3.63, 3.8) is 0 Å². The highest BCUT2D eigenvalue weighted by molar-refractivity contribution is 8.15. The molecule has 2 aliphatic heterocycles. The summed E-state index contributed by atoms with van der Waals surface area (Å²) in [6.07, 6.45) is 1.66. The summed E-state index contributed by atoms with van der Waals surface area (Å²) in [5.74, 6) is -0.406.